The topological polar surface area (TPSA) is 41.1 Å². The number of benzene rings is 1. The average Bonchev–Trinajstić information content (AvgIpc) is 2.39. The first kappa shape index (κ1) is 16.1. The van der Waals surface area contributed by atoms with Gasteiger partial charge in [0, 0.05) is 25.6 Å². The highest BCUT2D eigenvalue weighted by molar-refractivity contribution is 9.10. The van der Waals surface area contributed by atoms with Crippen molar-refractivity contribution in [1.82, 2.24) is 10.6 Å². The Balaban J connectivity index is 2.36. The van der Waals surface area contributed by atoms with E-state index in [0.29, 0.717) is 17.4 Å². The van der Waals surface area contributed by atoms with E-state index >= 15 is 0 Å². The van der Waals surface area contributed by atoms with Gasteiger partial charge in [-0.1, -0.05) is 13.0 Å². The van der Waals surface area contributed by atoms with Crippen LogP contribution in [-0.2, 0) is 4.79 Å². The molecule has 0 fully saturated rings. The van der Waals surface area contributed by atoms with Crippen LogP contribution in [0.1, 0.15) is 38.3 Å². The van der Waals surface area contributed by atoms with Crippen LogP contribution in [0.25, 0.3) is 0 Å². The summed E-state index contributed by atoms with van der Waals surface area (Å²) in [6.07, 6.45) is 1.39. The summed E-state index contributed by atoms with van der Waals surface area (Å²) in [5.41, 5.74) is 0.988. The number of halogens is 2. The zero-order chi connectivity index (χ0) is 14.3. The molecule has 0 bridgehead atoms. The van der Waals surface area contributed by atoms with Gasteiger partial charge in [-0.25, -0.2) is 4.39 Å². The molecule has 0 aliphatic carbocycles. The van der Waals surface area contributed by atoms with Gasteiger partial charge in [0.15, 0.2) is 0 Å². The van der Waals surface area contributed by atoms with Gasteiger partial charge in [0.1, 0.15) is 5.82 Å². The van der Waals surface area contributed by atoms with Gasteiger partial charge in [-0.05, 0) is 47.0 Å². The van der Waals surface area contributed by atoms with Crippen molar-refractivity contribution in [3.63, 3.8) is 0 Å². The second-order valence-electron chi connectivity index (χ2n) is 4.45. The Bertz CT molecular complexity index is 426. The smallest absolute Gasteiger partial charge is 0.221 e. The summed E-state index contributed by atoms with van der Waals surface area (Å²) in [6.45, 7) is 5.33. The van der Waals surface area contributed by atoms with Crippen LogP contribution in [0.4, 0.5) is 4.39 Å². The average molecular weight is 331 g/mol. The maximum atomic E-state index is 13.1. The molecule has 0 aliphatic heterocycles. The van der Waals surface area contributed by atoms with E-state index in [-0.39, 0.29) is 17.8 Å². The van der Waals surface area contributed by atoms with Gasteiger partial charge < -0.3 is 10.6 Å². The van der Waals surface area contributed by atoms with Crippen molar-refractivity contribution in [1.29, 1.82) is 0 Å². The summed E-state index contributed by atoms with van der Waals surface area (Å²) in [7, 11) is 0. The Hall–Kier alpha value is -0.940. The van der Waals surface area contributed by atoms with Crippen LogP contribution in [-0.4, -0.2) is 19.0 Å². The Morgan fingerprint density at radius 1 is 1.42 bits per heavy atom. The van der Waals surface area contributed by atoms with E-state index in [1.165, 1.54) is 6.07 Å². The first-order chi connectivity index (χ1) is 9.04. The molecule has 0 heterocycles. The number of amides is 1. The molecule has 19 heavy (non-hydrogen) atoms. The Kier molecular flexibility index (Phi) is 7.02. The van der Waals surface area contributed by atoms with E-state index in [2.05, 4.69) is 26.6 Å². The van der Waals surface area contributed by atoms with E-state index in [1.54, 1.807) is 12.1 Å². The molecule has 3 nitrogen and oxygen atoms in total. The zero-order valence-corrected chi connectivity index (χ0v) is 12.9. The molecule has 1 aromatic carbocycles. The molecular formula is C14H20BrFN2O. The lowest BCUT2D eigenvalue weighted by atomic mass is 10.1. The molecule has 1 unspecified atom stereocenters. The number of carbonyl (C=O) groups is 1. The first-order valence-corrected chi connectivity index (χ1v) is 7.29. The van der Waals surface area contributed by atoms with Gasteiger partial charge in [0.2, 0.25) is 5.91 Å². The number of carbonyl (C=O) groups excluding carboxylic acids is 1. The van der Waals surface area contributed by atoms with Crippen molar-refractivity contribution in [2.24, 2.45) is 0 Å². The zero-order valence-electron chi connectivity index (χ0n) is 11.3. The fourth-order valence-corrected chi connectivity index (χ4v) is 2.05. The maximum absolute atomic E-state index is 13.1. The highest BCUT2D eigenvalue weighted by Gasteiger charge is 2.08. The molecule has 5 heteroatoms. The predicted molar refractivity (Wildman–Crippen MR) is 78.4 cm³/mol. The second-order valence-corrected chi connectivity index (χ2v) is 5.30. The maximum Gasteiger partial charge on any atom is 0.221 e. The van der Waals surface area contributed by atoms with Crippen molar-refractivity contribution in [3.8, 4) is 0 Å². The highest BCUT2D eigenvalue weighted by atomic mass is 79.9. The van der Waals surface area contributed by atoms with Gasteiger partial charge in [0.25, 0.3) is 0 Å². The number of hydrogen-bond acceptors (Lipinski definition) is 2. The molecule has 1 amide bonds. The first-order valence-electron chi connectivity index (χ1n) is 6.49. The van der Waals surface area contributed by atoms with Crippen molar-refractivity contribution >= 4 is 21.8 Å². The predicted octanol–water partition coefficient (Wildman–Crippen LogP) is 3.16. The SMILES string of the molecule is CCCNC(=O)CCNC(C)c1ccc(F)c(Br)c1. The minimum atomic E-state index is -0.269. The van der Waals surface area contributed by atoms with Crippen LogP contribution in [0.15, 0.2) is 22.7 Å². The lowest BCUT2D eigenvalue weighted by molar-refractivity contribution is -0.121. The molecule has 106 valence electrons. The highest BCUT2D eigenvalue weighted by Crippen LogP contribution is 2.21. The summed E-state index contributed by atoms with van der Waals surface area (Å²) in [4.78, 5) is 11.4. The normalized spacial score (nSPS) is 12.2. The van der Waals surface area contributed by atoms with Crippen LogP contribution in [0.5, 0.6) is 0 Å². The number of hydrogen-bond donors (Lipinski definition) is 2. The van der Waals surface area contributed by atoms with Gasteiger partial charge in [-0.3, -0.25) is 4.79 Å². The van der Waals surface area contributed by atoms with Gasteiger partial charge in [-0.15, -0.1) is 0 Å². The number of rotatable bonds is 7. The minimum Gasteiger partial charge on any atom is -0.356 e. The van der Waals surface area contributed by atoms with Gasteiger partial charge in [0.05, 0.1) is 4.47 Å². The molecule has 0 radical (unpaired) electrons. The van der Waals surface area contributed by atoms with Crippen LogP contribution in [0, 0.1) is 5.82 Å². The van der Waals surface area contributed by atoms with E-state index in [4.69, 9.17) is 0 Å². The number of nitrogens with one attached hydrogen (secondary N) is 2. The Morgan fingerprint density at radius 2 is 2.16 bits per heavy atom. The quantitative estimate of drug-likeness (QED) is 0.806. The molecule has 1 rings (SSSR count). The largest absolute Gasteiger partial charge is 0.356 e. The van der Waals surface area contributed by atoms with Crippen LogP contribution in [0.2, 0.25) is 0 Å². The van der Waals surface area contributed by atoms with E-state index < -0.39 is 0 Å². The molecule has 0 aliphatic rings. The van der Waals surface area contributed by atoms with Crippen molar-refractivity contribution in [2.75, 3.05) is 13.1 Å². The fraction of sp³-hybridized carbons (Fsp3) is 0.500. The third-order valence-electron chi connectivity index (χ3n) is 2.82. The summed E-state index contributed by atoms with van der Waals surface area (Å²) in [5.74, 6) is -0.211. The van der Waals surface area contributed by atoms with Gasteiger partial charge in [-0.2, -0.15) is 0 Å². The lowest BCUT2D eigenvalue weighted by Gasteiger charge is -2.14. The van der Waals surface area contributed by atoms with Crippen molar-refractivity contribution < 1.29 is 9.18 Å². The van der Waals surface area contributed by atoms with E-state index in [9.17, 15) is 9.18 Å². The summed E-state index contributed by atoms with van der Waals surface area (Å²) >= 11 is 3.17. The van der Waals surface area contributed by atoms with E-state index in [0.717, 1.165) is 18.5 Å². The lowest BCUT2D eigenvalue weighted by Crippen LogP contribution is -2.29. The van der Waals surface area contributed by atoms with Gasteiger partial charge >= 0.3 is 0 Å². The second kappa shape index (κ2) is 8.27. The Morgan fingerprint density at radius 3 is 2.79 bits per heavy atom. The molecule has 0 spiro atoms. The van der Waals surface area contributed by atoms with Crippen LogP contribution in [0.3, 0.4) is 0 Å². The Labute approximate surface area is 122 Å². The molecule has 0 saturated carbocycles. The third kappa shape index (κ3) is 5.70. The summed E-state index contributed by atoms with van der Waals surface area (Å²) in [5, 5.41) is 6.08. The standard InChI is InChI=1S/C14H20BrFN2O/c1-3-7-18-14(19)6-8-17-10(2)11-4-5-13(16)12(15)9-11/h4-5,9-10,17H,3,6-8H2,1-2H3,(H,18,19). The molecule has 1 aromatic rings. The fourth-order valence-electron chi connectivity index (χ4n) is 1.65. The monoisotopic (exact) mass is 330 g/mol. The summed E-state index contributed by atoms with van der Waals surface area (Å²) in [6, 6.07) is 5.01. The molecule has 0 aromatic heterocycles. The van der Waals surface area contributed by atoms with E-state index in [1.807, 2.05) is 13.8 Å². The molecular weight excluding hydrogens is 311 g/mol. The van der Waals surface area contributed by atoms with Crippen molar-refractivity contribution in [3.05, 3.63) is 34.1 Å². The molecule has 1 atom stereocenters. The van der Waals surface area contributed by atoms with Crippen LogP contribution < -0.4 is 10.6 Å². The molecule has 0 saturated heterocycles. The molecule has 2 N–H and O–H groups in total. The van der Waals surface area contributed by atoms with Crippen LogP contribution >= 0.6 is 15.9 Å². The minimum absolute atomic E-state index is 0.0573. The summed E-state index contributed by atoms with van der Waals surface area (Å²) < 4.78 is 13.6. The third-order valence-corrected chi connectivity index (χ3v) is 3.43. The van der Waals surface area contributed by atoms with Crippen molar-refractivity contribution in [2.45, 2.75) is 32.7 Å².